The van der Waals surface area contributed by atoms with Gasteiger partial charge in [-0.25, -0.2) is 4.98 Å². The van der Waals surface area contributed by atoms with Crippen LogP contribution in [0.3, 0.4) is 0 Å². The Morgan fingerprint density at radius 2 is 2.00 bits per heavy atom. The van der Waals surface area contributed by atoms with E-state index in [0.29, 0.717) is 0 Å². The second-order valence-electron chi connectivity index (χ2n) is 4.48. The van der Waals surface area contributed by atoms with Crippen LogP contribution in [0.5, 0.6) is 0 Å². The number of anilines is 1. The largest absolute Gasteiger partial charge is 0.370 e. The van der Waals surface area contributed by atoms with Crippen LogP contribution in [0.1, 0.15) is 18.9 Å². The van der Waals surface area contributed by atoms with Gasteiger partial charge in [-0.2, -0.15) is 0 Å². The molecule has 0 aliphatic carbocycles. The molecule has 1 aromatic carbocycles. The molecule has 0 unspecified atom stereocenters. The van der Waals surface area contributed by atoms with Gasteiger partial charge in [0.25, 0.3) is 0 Å². The van der Waals surface area contributed by atoms with E-state index in [1.165, 1.54) is 10.9 Å². The number of aromatic nitrogens is 1. The number of fused-ring (bicyclic) bond motifs is 1. The zero-order valence-corrected chi connectivity index (χ0v) is 11.2. The molecule has 0 aliphatic heterocycles. The third-order valence-electron chi connectivity index (χ3n) is 2.99. The van der Waals surface area contributed by atoms with Crippen LogP contribution >= 0.6 is 0 Å². The summed E-state index contributed by atoms with van der Waals surface area (Å²) < 4.78 is 0. The maximum absolute atomic E-state index is 4.66. The van der Waals surface area contributed by atoms with Crippen LogP contribution in [0, 0.1) is 6.92 Å². The highest BCUT2D eigenvalue weighted by Gasteiger charge is 2.02. The maximum Gasteiger partial charge on any atom is 0.129 e. The van der Waals surface area contributed by atoms with Gasteiger partial charge in [-0.05, 0) is 44.1 Å². The van der Waals surface area contributed by atoms with E-state index in [1.54, 1.807) is 0 Å². The Kier molecular flexibility index (Phi) is 4.53. The van der Waals surface area contributed by atoms with E-state index in [-0.39, 0.29) is 0 Å². The van der Waals surface area contributed by atoms with E-state index in [4.69, 9.17) is 0 Å². The van der Waals surface area contributed by atoms with Crippen LogP contribution in [0.25, 0.3) is 10.9 Å². The highest BCUT2D eigenvalue weighted by Crippen LogP contribution is 2.19. The van der Waals surface area contributed by atoms with E-state index in [2.05, 4.69) is 47.7 Å². The van der Waals surface area contributed by atoms with E-state index >= 15 is 0 Å². The molecule has 2 aromatic rings. The lowest BCUT2D eigenvalue weighted by atomic mass is 10.1. The van der Waals surface area contributed by atoms with Gasteiger partial charge in [0, 0.05) is 11.9 Å². The average Bonchev–Trinajstić information content (AvgIpc) is 2.39. The molecule has 0 aliphatic rings. The van der Waals surface area contributed by atoms with E-state index in [9.17, 15) is 0 Å². The second-order valence-corrected chi connectivity index (χ2v) is 4.48. The first kappa shape index (κ1) is 12.8. The van der Waals surface area contributed by atoms with Crippen LogP contribution < -0.4 is 10.6 Å². The van der Waals surface area contributed by atoms with Crippen molar-refractivity contribution >= 4 is 16.7 Å². The molecule has 0 bridgehead atoms. The molecule has 1 heterocycles. The monoisotopic (exact) mass is 243 g/mol. The topological polar surface area (TPSA) is 37.0 Å². The van der Waals surface area contributed by atoms with Gasteiger partial charge in [0.05, 0.1) is 5.52 Å². The first-order chi connectivity index (χ1) is 8.81. The molecule has 3 nitrogen and oxygen atoms in total. The van der Waals surface area contributed by atoms with Gasteiger partial charge in [-0.15, -0.1) is 0 Å². The number of nitrogens with zero attached hydrogens (tertiary/aromatic N) is 1. The Morgan fingerprint density at radius 1 is 1.17 bits per heavy atom. The van der Waals surface area contributed by atoms with Gasteiger partial charge in [0.1, 0.15) is 5.82 Å². The van der Waals surface area contributed by atoms with Gasteiger partial charge in [-0.1, -0.05) is 25.1 Å². The molecule has 0 spiro atoms. The molecule has 0 atom stereocenters. The minimum atomic E-state index is 0.958. The third-order valence-corrected chi connectivity index (χ3v) is 2.99. The predicted octanol–water partition coefficient (Wildman–Crippen LogP) is 2.95. The number of nitrogens with one attached hydrogen (secondary N) is 2. The van der Waals surface area contributed by atoms with Crippen molar-refractivity contribution in [2.45, 2.75) is 20.3 Å². The van der Waals surface area contributed by atoms with Gasteiger partial charge in [-0.3, -0.25) is 0 Å². The van der Waals surface area contributed by atoms with Gasteiger partial charge >= 0.3 is 0 Å². The van der Waals surface area contributed by atoms with Crippen LogP contribution in [-0.4, -0.2) is 24.6 Å². The minimum absolute atomic E-state index is 0.958. The molecule has 0 saturated carbocycles. The molecule has 96 valence electrons. The van der Waals surface area contributed by atoms with E-state index in [0.717, 1.165) is 37.4 Å². The van der Waals surface area contributed by atoms with Crippen LogP contribution in [0.15, 0.2) is 30.3 Å². The summed E-state index contributed by atoms with van der Waals surface area (Å²) in [6.45, 7) is 7.27. The Morgan fingerprint density at radius 3 is 2.83 bits per heavy atom. The summed E-state index contributed by atoms with van der Waals surface area (Å²) in [6, 6.07) is 10.4. The molecule has 1 aromatic heterocycles. The standard InChI is InChI=1S/C15H21N3/c1-3-16-9-6-10-17-15-12(2)11-13-7-4-5-8-14(13)18-15/h4-5,7-8,11,16H,3,6,9-10H2,1-2H3,(H,17,18). The lowest BCUT2D eigenvalue weighted by Gasteiger charge is -2.10. The number of benzene rings is 1. The smallest absolute Gasteiger partial charge is 0.129 e. The average molecular weight is 243 g/mol. The Labute approximate surface area is 109 Å². The molecule has 2 N–H and O–H groups in total. The minimum Gasteiger partial charge on any atom is -0.370 e. The first-order valence-electron chi connectivity index (χ1n) is 6.62. The SMILES string of the molecule is CCNCCCNc1nc2ccccc2cc1C. The highest BCUT2D eigenvalue weighted by molar-refractivity contribution is 5.81. The molecule has 0 saturated heterocycles. The van der Waals surface area contributed by atoms with Gasteiger partial charge in [0.15, 0.2) is 0 Å². The number of para-hydroxylation sites is 1. The molecular weight excluding hydrogens is 222 g/mol. The number of rotatable bonds is 6. The number of pyridine rings is 1. The fourth-order valence-electron chi connectivity index (χ4n) is 2.00. The van der Waals surface area contributed by atoms with Crippen molar-refractivity contribution in [3.05, 3.63) is 35.9 Å². The summed E-state index contributed by atoms with van der Waals surface area (Å²) in [6.07, 6.45) is 1.11. The summed E-state index contributed by atoms with van der Waals surface area (Å²) in [5, 5.41) is 7.93. The molecule has 2 rings (SSSR count). The van der Waals surface area contributed by atoms with Crippen molar-refractivity contribution in [1.29, 1.82) is 0 Å². The Hall–Kier alpha value is -1.61. The molecule has 0 radical (unpaired) electrons. The maximum atomic E-state index is 4.66. The fraction of sp³-hybridized carbons (Fsp3) is 0.400. The van der Waals surface area contributed by atoms with E-state index in [1.807, 2.05) is 12.1 Å². The van der Waals surface area contributed by atoms with Gasteiger partial charge in [0.2, 0.25) is 0 Å². The van der Waals surface area contributed by atoms with Crippen molar-refractivity contribution < 1.29 is 0 Å². The second kappa shape index (κ2) is 6.36. The molecule has 0 amide bonds. The first-order valence-corrected chi connectivity index (χ1v) is 6.62. The summed E-state index contributed by atoms with van der Waals surface area (Å²) in [4.78, 5) is 4.66. The van der Waals surface area contributed by atoms with Crippen molar-refractivity contribution in [3.8, 4) is 0 Å². The zero-order valence-electron chi connectivity index (χ0n) is 11.2. The molecule has 18 heavy (non-hydrogen) atoms. The normalized spacial score (nSPS) is 10.8. The Balaban J connectivity index is 2.01. The molecule has 3 heteroatoms. The van der Waals surface area contributed by atoms with Crippen molar-refractivity contribution in [1.82, 2.24) is 10.3 Å². The van der Waals surface area contributed by atoms with Crippen molar-refractivity contribution in [3.63, 3.8) is 0 Å². The lowest BCUT2D eigenvalue weighted by Crippen LogP contribution is -2.17. The van der Waals surface area contributed by atoms with Crippen molar-refractivity contribution in [2.75, 3.05) is 25.0 Å². The lowest BCUT2D eigenvalue weighted by molar-refractivity contribution is 0.688. The summed E-state index contributed by atoms with van der Waals surface area (Å²) >= 11 is 0. The summed E-state index contributed by atoms with van der Waals surface area (Å²) in [5.41, 5.74) is 2.26. The predicted molar refractivity (Wildman–Crippen MR) is 78.1 cm³/mol. The highest BCUT2D eigenvalue weighted by atomic mass is 15.0. The van der Waals surface area contributed by atoms with Crippen LogP contribution in [0.2, 0.25) is 0 Å². The summed E-state index contributed by atoms with van der Waals surface area (Å²) in [7, 11) is 0. The van der Waals surface area contributed by atoms with Gasteiger partial charge < -0.3 is 10.6 Å². The van der Waals surface area contributed by atoms with Crippen LogP contribution in [0.4, 0.5) is 5.82 Å². The summed E-state index contributed by atoms with van der Waals surface area (Å²) in [5.74, 6) is 1.00. The number of hydrogen-bond donors (Lipinski definition) is 2. The quantitative estimate of drug-likeness (QED) is 0.766. The molecule has 0 fully saturated rings. The third kappa shape index (κ3) is 3.20. The molecular formula is C15H21N3. The van der Waals surface area contributed by atoms with Crippen molar-refractivity contribution in [2.24, 2.45) is 0 Å². The van der Waals surface area contributed by atoms with Crippen LogP contribution in [-0.2, 0) is 0 Å². The zero-order chi connectivity index (χ0) is 12.8. The van der Waals surface area contributed by atoms with E-state index < -0.39 is 0 Å². The number of aryl methyl sites for hydroxylation is 1. The number of hydrogen-bond acceptors (Lipinski definition) is 3. The Bertz CT molecular complexity index is 508. The fourth-order valence-corrected chi connectivity index (χ4v) is 2.00.